The Morgan fingerprint density at radius 3 is 2.50 bits per heavy atom. The molecule has 1 aromatic carbocycles. The second-order valence-electron chi connectivity index (χ2n) is 10.2. The van der Waals surface area contributed by atoms with Gasteiger partial charge in [-0.05, 0) is 88.0 Å². The number of fused-ring (bicyclic) bond motifs is 2. The van der Waals surface area contributed by atoms with Gasteiger partial charge in [0.2, 0.25) is 5.91 Å². The topological polar surface area (TPSA) is 66.4 Å². The number of pyridine rings is 1. The zero-order valence-electron chi connectivity index (χ0n) is 17.5. The number of nitrogens with one attached hydrogen (secondary N) is 2. The van der Waals surface area contributed by atoms with Gasteiger partial charge in [0.05, 0.1) is 16.6 Å². The van der Waals surface area contributed by atoms with E-state index in [2.05, 4.69) is 23.0 Å². The monoisotopic (exact) mass is 402 g/mol. The van der Waals surface area contributed by atoms with E-state index < -0.39 is 0 Å². The maximum atomic E-state index is 13.1. The Labute approximate surface area is 177 Å². The Kier molecular flexibility index (Phi) is 4.32. The number of benzene rings is 1. The largest absolute Gasteiger partial charge is 0.288 e. The van der Waals surface area contributed by atoms with Gasteiger partial charge in [-0.1, -0.05) is 18.2 Å². The van der Waals surface area contributed by atoms with Gasteiger partial charge in [0, 0.05) is 16.6 Å². The first-order chi connectivity index (χ1) is 14.7. The molecular weight excluding hydrogens is 372 g/mol. The molecule has 4 saturated carbocycles. The van der Waals surface area contributed by atoms with E-state index in [4.69, 9.17) is 9.98 Å². The molecule has 0 atom stereocenters. The Hall–Kier alpha value is -2.43. The lowest BCUT2D eigenvalue weighted by molar-refractivity contribution is -0.146. The number of carbonyl (C=O) groups is 1. The highest BCUT2D eigenvalue weighted by atomic mass is 16.2. The van der Waals surface area contributed by atoms with Crippen LogP contribution in [-0.2, 0) is 17.6 Å². The summed E-state index contributed by atoms with van der Waals surface area (Å²) < 4.78 is 0. The van der Waals surface area contributed by atoms with Gasteiger partial charge in [-0.15, -0.1) is 0 Å². The number of hydrazine groups is 1. The lowest BCUT2D eigenvalue weighted by Gasteiger charge is -2.55. The third kappa shape index (κ3) is 3.01. The maximum absolute atomic E-state index is 13.1. The zero-order valence-corrected chi connectivity index (χ0v) is 17.5. The first-order valence-corrected chi connectivity index (χ1v) is 11.7. The van der Waals surface area contributed by atoms with E-state index >= 15 is 0 Å². The van der Waals surface area contributed by atoms with E-state index in [1.54, 1.807) is 6.34 Å². The highest BCUT2D eigenvalue weighted by molar-refractivity contribution is 5.93. The molecule has 30 heavy (non-hydrogen) atoms. The molecule has 0 saturated heterocycles. The van der Waals surface area contributed by atoms with Crippen LogP contribution >= 0.6 is 0 Å². The van der Waals surface area contributed by atoms with Gasteiger partial charge >= 0.3 is 0 Å². The molecule has 5 aliphatic carbocycles. The molecule has 1 heterocycles. The lowest BCUT2D eigenvalue weighted by Crippen LogP contribution is -2.55. The van der Waals surface area contributed by atoms with Crippen LogP contribution < -0.4 is 10.9 Å². The second-order valence-corrected chi connectivity index (χ2v) is 10.2. The van der Waals surface area contributed by atoms with Gasteiger partial charge in [0.1, 0.15) is 6.34 Å². The summed E-state index contributed by atoms with van der Waals surface area (Å²) in [5.74, 6) is 2.48. The molecule has 4 fully saturated rings. The minimum absolute atomic E-state index is 0.141. The summed E-state index contributed by atoms with van der Waals surface area (Å²) in [6, 6.07) is 8.23. The minimum atomic E-state index is -0.141. The minimum Gasteiger partial charge on any atom is -0.288 e. The second kappa shape index (κ2) is 7.07. The molecule has 1 aromatic heterocycles. The van der Waals surface area contributed by atoms with Crippen LogP contribution in [0.3, 0.4) is 0 Å². The summed E-state index contributed by atoms with van der Waals surface area (Å²) in [5, 5.41) is 1.09. The lowest BCUT2D eigenvalue weighted by atomic mass is 9.49. The van der Waals surface area contributed by atoms with Crippen molar-refractivity contribution >= 4 is 28.8 Å². The Morgan fingerprint density at radius 2 is 1.73 bits per heavy atom. The van der Waals surface area contributed by atoms with Gasteiger partial charge in [-0.3, -0.25) is 20.6 Å². The third-order valence-electron chi connectivity index (χ3n) is 8.10. The van der Waals surface area contributed by atoms with Crippen LogP contribution in [0.15, 0.2) is 29.3 Å². The van der Waals surface area contributed by atoms with Crippen LogP contribution in [-0.4, -0.2) is 17.2 Å². The number of carbonyl (C=O) groups excluding carboxylic acids is 1. The summed E-state index contributed by atoms with van der Waals surface area (Å²) in [6.07, 6.45) is 13.4. The molecule has 156 valence electrons. The average Bonchev–Trinajstić information content (AvgIpc) is 2.75. The predicted octanol–water partition coefficient (Wildman–Crippen LogP) is 4.61. The van der Waals surface area contributed by atoms with Crippen LogP contribution in [0.1, 0.15) is 62.6 Å². The zero-order chi connectivity index (χ0) is 20.1. The summed E-state index contributed by atoms with van der Waals surface area (Å²) >= 11 is 0. The molecule has 0 aliphatic heterocycles. The predicted molar refractivity (Wildman–Crippen MR) is 118 cm³/mol. The standard InChI is InChI=1S/C25H30N4O/c30-24(25-12-16-9-17(13-25)11-18(10-16)14-25)29-27-15-26-23-19-5-1-3-7-21(19)28-22-8-4-2-6-20(22)23/h1,3,5,7,15-18H,2,4,6,8-14H2,(H,29,30)(H,26,27,28). The van der Waals surface area contributed by atoms with Gasteiger partial charge in [0.25, 0.3) is 0 Å². The van der Waals surface area contributed by atoms with E-state index in [0.29, 0.717) is 0 Å². The number of aromatic nitrogens is 1. The summed E-state index contributed by atoms with van der Waals surface area (Å²) in [7, 11) is 0. The Balaban J connectivity index is 1.20. The fourth-order valence-corrected chi connectivity index (χ4v) is 7.21. The molecule has 0 unspecified atom stereocenters. The molecular formula is C25H30N4O. The number of aliphatic imine (C=N–C) groups is 1. The van der Waals surface area contributed by atoms with Gasteiger partial charge in [-0.25, -0.2) is 4.99 Å². The Bertz CT molecular complexity index is 992. The molecule has 0 spiro atoms. The molecule has 5 nitrogen and oxygen atoms in total. The normalized spacial score (nSPS) is 31.8. The molecule has 7 rings (SSSR count). The highest BCUT2D eigenvalue weighted by Crippen LogP contribution is 2.60. The number of hydrogen-bond donors (Lipinski definition) is 2. The number of rotatable bonds is 4. The first-order valence-electron chi connectivity index (χ1n) is 11.7. The van der Waals surface area contributed by atoms with Gasteiger partial charge in [0.15, 0.2) is 0 Å². The van der Waals surface area contributed by atoms with Crippen molar-refractivity contribution in [2.45, 2.75) is 64.2 Å². The van der Waals surface area contributed by atoms with Crippen LogP contribution in [0.25, 0.3) is 10.9 Å². The van der Waals surface area contributed by atoms with Crippen molar-refractivity contribution in [3.8, 4) is 0 Å². The number of nitrogens with zero attached hydrogens (tertiary/aromatic N) is 2. The molecule has 0 radical (unpaired) electrons. The van der Waals surface area contributed by atoms with Crippen molar-refractivity contribution in [2.24, 2.45) is 28.2 Å². The van der Waals surface area contributed by atoms with Crippen LogP contribution in [0, 0.1) is 23.2 Å². The molecule has 4 bridgehead atoms. The maximum Gasteiger partial charge on any atom is 0.244 e. The van der Waals surface area contributed by atoms with E-state index in [9.17, 15) is 4.79 Å². The number of para-hydroxylation sites is 1. The van der Waals surface area contributed by atoms with Gasteiger partial charge in [-0.2, -0.15) is 0 Å². The molecule has 2 N–H and O–H groups in total. The Morgan fingerprint density at radius 1 is 1.03 bits per heavy atom. The molecule has 2 aromatic rings. The third-order valence-corrected chi connectivity index (χ3v) is 8.10. The van der Waals surface area contributed by atoms with Crippen molar-refractivity contribution < 1.29 is 4.79 Å². The van der Waals surface area contributed by atoms with Crippen LogP contribution in [0.2, 0.25) is 0 Å². The van der Waals surface area contributed by atoms with E-state index in [0.717, 1.165) is 66.4 Å². The molecule has 5 aliphatic rings. The van der Waals surface area contributed by atoms with Crippen molar-refractivity contribution in [3.63, 3.8) is 0 Å². The summed E-state index contributed by atoms with van der Waals surface area (Å²) in [4.78, 5) is 22.8. The smallest absolute Gasteiger partial charge is 0.244 e. The van der Waals surface area contributed by atoms with E-state index in [-0.39, 0.29) is 11.3 Å². The first kappa shape index (κ1) is 18.3. The summed E-state index contributed by atoms with van der Waals surface area (Å²) in [5.41, 5.74) is 10.3. The van der Waals surface area contributed by atoms with Crippen molar-refractivity contribution in [1.29, 1.82) is 0 Å². The average molecular weight is 403 g/mol. The molecule has 5 heteroatoms. The highest BCUT2D eigenvalue weighted by Gasteiger charge is 2.54. The van der Waals surface area contributed by atoms with Crippen LogP contribution in [0.5, 0.6) is 0 Å². The van der Waals surface area contributed by atoms with E-state index in [1.165, 1.54) is 43.4 Å². The fourth-order valence-electron chi connectivity index (χ4n) is 7.21. The number of hydrogen-bond acceptors (Lipinski definition) is 3. The fraction of sp³-hybridized carbons (Fsp3) is 0.560. The van der Waals surface area contributed by atoms with Gasteiger partial charge < -0.3 is 0 Å². The quantitative estimate of drug-likeness (QED) is 0.446. The van der Waals surface area contributed by atoms with Crippen molar-refractivity contribution in [2.75, 3.05) is 0 Å². The SMILES string of the molecule is O=C(NNC=Nc1c2c(nc3ccccc13)CCCC2)C12CC3CC(CC(C3)C1)C2. The van der Waals surface area contributed by atoms with E-state index in [1.807, 2.05) is 12.1 Å². The number of amides is 1. The van der Waals surface area contributed by atoms with Crippen molar-refractivity contribution in [1.82, 2.24) is 15.8 Å². The van der Waals surface area contributed by atoms with Crippen LogP contribution in [0.4, 0.5) is 5.69 Å². The molecule has 1 amide bonds. The summed E-state index contributed by atoms with van der Waals surface area (Å²) in [6.45, 7) is 0. The van der Waals surface area contributed by atoms with Crippen molar-refractivity contribution in [3.05, 3.63) is 35.5 Å². The number of aryl methyl sites for hydroxylation is 1.